The van der Waals surface area contributed by atoms with Gasteiger partial charge in [0.15, 0.2) is 10.1 Å². The number of anilines is 1. The average molecular weight is 409 g/mol. The van der Waals surface area contributed by atoms with E-state index in [0.717, 1.165) is 16.2 Å². The highest BCUT2D eigenvalue weighted by atomic mass is 35.5. The number of carbonyl (C=O) groups excluding carboxylic acids is 1. The van der Waals surface area contributed by atoms with Crippen LogP contribution in [0.25, 0.3) is 11.0 Å². The highest BCUT2D eigenvalue weighted by molar-refractivity contribution is 7.15. The Hall–Kier alpha value is -3.09. The van der Waals surface area contributed by atoms with Crippen molar-refractivity contribution in [2.75, 3.05) is 5.01 Å². The molecule has 4 rings (SSSR count). The Kier molecular flexibility index (Phi) is 5.41. The number of para-hydroxylation sites is 1. The molecule has 0 atom stereocenters. The molecule has 0 aliphatic rings. The summed E-state index contributed by atoms with van der Waals surface area (Å²) in [5.74, 6) is -0.249. The van der Waals surface area contributed by atoms with Crippen LogP contribution in [0.15, 0.2) is 78.3 Å². The van der Waals surface area contributed by atoms with E-state index < -0.39 is 0 Å². The molecule has 140 valence electrons. The maximum Gasteiger partial charge on any atom is 0.262 e. The normalized spacial score (nSPS) is 11.2. The van der Waals surface area contributed by atoms with Crippen LogP contribution in [0.5, 0.6) is 0 Å². The number of imidazole rings is 1. The second kappa shape index (κ2) is 8.29. The van der Waals surface area contributed by atoms with Gasteiger partial charge in [-0.2, -0.15) is 0 Å². The summed E-state index contributed by atoms with van der Waals surface area (Å²) in [5.41, 5.74) is 5.62. The van der Waals surface area contributed by atoms with Crippen molar-refractivity contribution in [2.24, 2.45) is 0 Å². The predicted octanol–water partition coefficient (Wildman–Crippen LogP) is 4.80. The number of aromatic nitrogens is 2. The van der Waals surface area contributed by atoms with E-state index in [9.17, 15) is 4.79 Å². The van der Waals surface area contributed by atoms with E-state index >= 15 is 0 Å². The van der Waals surface area contributed by atoms with Crippen LogP contribution < -0.4 is 10.4 Å². The molecule has 7 heteroatoms. The number of nitrogens with one attached hydrogen (secondary N) is 1. The van der Waals surface area contributed by atoms with Crippen molar-refractivity contribution in [1.29, 1.82) is 0 Å². The molecule has 5 nitrogen and oxygen atoms in total. The first-order valence-corrected chi connectivity index (χ1v) is 9.93. The van der Waals surface area contributed by atoms with E-state index in [4.69, 9.17) is 11.6 Å². The Bertz CT molecular complexity index is 1110. The molecule has 4 aromatic rings. The van der Waals surface area contributed by atoms with E-state index in [2.05, 4.69) is 10.4 Å². The van der Waals surface area contributed by atoms with Crippen LogP contribution in [0.3, 0.4) is 0 Å². The van der Waals surface area contributed by atoms with E-state index in [0.29, 0.717) is 17.4 Å². The summed E-state index contributed by atoms with van der Waals surface area (Å²) in [4.78, 5) is 17.6. The molecular weight excluding hydrogens is 392 g/mol. The number of hydrogen-bond donors (Lipinski definition) is 1. The summed E-state index contributed by atoms with van der Waals surface area (Å²) >= 11 is 7.67. The topological polar surface area (TPSA) is 49.6 Å². The molecule has 0 saturated carbocycles. The van der Waals surface area contributed by atoms with Crippen molar-refractivity contribution in [3.63, 3.8) is 0 Å². The van der Waals surface area contributed by atoms with Gasteiger partial charge in [-0.3, -0.25) is 19.6 Å². The molecule has 2 heterocycles. The summed E-state index contributed by atoms with van der Waals surface area (Å²) in [6, 6.07) is 19.7. The highest BCUT2D eigenvalue weighted by Gasteiger charge is 2.11. The number of amides is 1. The van der Waals surface area contributed by atoms with Gasteiger partial charge in [-0.25, -0.2) is 4.98 Å². The van der Waals surface area contributed by atoms with Gasteiger partial charge in [0, 0.05) is 17.7 Å². The van der Waals surface area contributed by atoms with E-state index in [1.54, 1.807) is 6.08 Å². The minimum Gasteiger partial charge on any atom is -0.289 e. The first-order chi connectivity index (χ1) is 13.7. The molecule has 0 spiro atoms. The molecule has 28 heavy (non-hydrogen) atoms. The molecule has 1 amide bonds. The van der Waals surface area contributed by atoms with Crippen LogP contribution in [-0.4, -0.2) is 15.3 Å². The Labute approximate surface area is 171 Å². The number of halogens is 1. The molecule has 0 radical (unpaired) electrons. The summed E-state index contributed by atoms with van der Waals surface area (Å²) < 4.78 is 1.86. The fourth-order valence-electron chi connectivity index (χ4n) is 2.82. The first kappa shape index (κ1) is 18.3. The summed E-state index contributed by atoms with van der Waals surface area (Å²) in [6.07, 6.45) is 5.02. The molecule has 0 saturated heterocycles. The van der Waals surface area contributed by atoms with Gasteiger partial charge in [0.2, 0.25) is 0 Å². The van der Waals surface area contributed by atoms with Crippen molar-refractivity contribution in [1.82, 2.24) is 14.8 Å². The number of nitrogens with zero attached hydrogens (tertiary/aromatic N) is 3. The first-order valence-electron chi connectivity index (χ1n) is 8.67. The van der Waals surface area contributed by atoms with Crippen LogP contribution >= 0.6 is 22.9 Å². The monoisotopic (exact) mass is 408 g/mol. The third-order valence-corrected chi connectivity index (χ3v) is 5.18. The van der Waals surface area contributed by atoms with E-state index in [1.165, 1.54) is 17.4 Å². The average Bonchev–Trinajstić information content (AvgIpc) is 3.28. The third kappa shape index (κ3) is 4.08. The molecule has 2 aromatic carbocycles. The van der Waals surface area contributed by atoms with Crippen molar-refractivity contribution in [3.05, 3.63) is 94.7 Å². The summed E-state index contributed by atoms with van der Waals surface area (Å²) in [5, 5.41) is 4.12. The Morgan fingerprint density at radius 2 is 1.86 bits per heavy atom. The molecule has 2 aromatic heterocycles. The van der Waals surface area contributed by atoms with Crippen LogP contribution in [-0.2, 0) is 11.3 Å². The smallest absolute Gasteiger partial charge is 0.262 e. The van der Waals surface area contributed by atoms with Gasteiger partial charge in [0.1, 0.15) is 0 Å². The van der Waals surface area contributed by atoms with Crippen molar-refractivity contribution < 1.29 is 4.79 Å². The second-order valence-electron chi connectivity index (χ2n) is 6.06. The minimum absolute atomic E-state index is 0.249. The predicted molar refractivity (Wildman–Crippen MR) is 114 cm³/mol. The van der Waals surface area contributed by atoms with Gasteiger partial charge in [-0.05, 0) is 23.8 Å². The third-order valence-electron chi connectivity index (χ3n) is 4.14. The molecule has 0 aliphatic heterocycles. The SMILES string of the molecule is O=C(/C=C/c1c(Cl)nc2sccn12)NN(Cc1ccccc1)c1ccccc1. The number of hydrazine groups is 1. The van der Waals surface area contributed by atoms with Gasteiger partial charge < -0.3 is 0 Å². The highest BCUT2D eigenvalue weighted by Crippen LogP contribution is 2.22. The molecule has 0 bridgehead atoms. The molecular formula is C21H17ClN4OS. The van der Waals surface area contributed by atoms with Gasteiger partial charge in [0.25, 0.3) is 5.91 Å². The van der Waals surface area contributed by atoms with Crippen LogP contribution in [0.2, 0.25) is 5.15 Å². The molecule has 0 unspecified atom stereocenters. The number of fused-ring (bicyclic) bond motifs is 1. The van der Waals surface area contributed by atoms with Gasteiger partial charge >= 0.3 is 0 Å². The van der Waals surface area contributed by atoms with E-state index in [-0.39, 0.29) is 5.91 Å². The van der Waals surface area contributed by atoms with E-state index in [1.807, 2.05) is 81.7 Å². The zero-order valence-electron chi connectivity index (χ0n) is 14.8. The fourth-order valence-corrected chi connectivity index (χ4v) is 3.83. The summed E-state index contributed by atoms with van der Waals surface area (Å²) in [6.45, 7) is 0.548. The molecule has 1 N–H and O–H groups in total. The number of thiazole rings is 1. The number of carbonyl (C=O) groups is 1. The second-order valence-corrected chi connectivity index (χ2v) is 7.29. The van der Waals surface area contributed by atoms with Crippen LogP contribution in [0, 0.1) is 0 Å². The lowest BCUT2D eigenvalue weighted by molar-refractivity contribution is -0.116. The largest absolute Gasteiger partial charge is 0.289 e. The van der Waals surface area contributed by atoms with Crippen molar-refractivity contribution in [2.45, 2.75) is 6.54 Å². The summed E-state index contributed by atoms with van der Waals surface area (Å²) in [7, 11) is 0. The van der Waals surface area contributed by atoms with Crippen molar-refractivity contribution in [3.8, 4) is 0 Å². The Morgan fingerprint density at radius 3 is 2.61 bits per heavy atom. The van der Waals surface area contributed by atoms with Gasteiger partial charge in [-0.15, -0.1) is 11.3 Å². The number of rotatable bonds is 6. The van der Waals surface area contributed by atoms with Gasteiger partial charge in [0.05, 0.1) is 17.9 Å². The fraction of sp³-hybridized carbons (Fsp3) is 0.0476. The maximum absolute atomic E-state index is 12.6. The standard InChI is InChI=1S/C21H17ClN4OS/c22-20-18(25-13-14-28-21(25)23-20)11-12-19(27)24-26(17-9-5-2-6-10-17)15-16-7-3-1-4-8-16/h1-14H,15H2,(H,24,27)/b12-11+. The molecule has 0 fully saturated rings. The minimum atomic E-state index is -0.249. The van der Waals surface area contributed by atoms with Crippen molar-refractivity contribution >= 4 is 45.6 Å². The Balaban J connectivity index is 1.53. The Morgan fingerprint density at radius 1 is 1.14 bits per heavy atom. The number of benzene rings is 2. The van der Waals surface area contributed by atoms with Gasteiger partial charge in [-0.1, -0.05) is 60.1 Å². The zero-order chi connectivity index (χ0) is 19.3. The lowest BCUT2D eigenvalue weighted by Gasteiger charge is -2.25. The number of hydrogen-bond acceptors (Lipinski definition) is 4. The zero-order valence-corrected chi connectivity index (χ0v) is 16.4. The lowest BCUT2D eigenvalue weighted by atomic mass is 10.2. The molecule has 0 aliphatic carbocycles. The van der Waals surface area contributed by atoms with Crippen LogP contribution in [0.4, 0.5) is 5.69 Å². The van der Waals surface area contributed by atoms with Crippen LogP contribution in [0.1, 0.15) is 11.3 Å². The lowest BCUT2D eigenvalue weighted by Crippen LogP contribution is -2.41. The maximum atomic E-state index is 12.6. The quantitative estimate of drug-likeness (QED) is 0.368.